The minimum absolute atomic E-state index is 0.0323. The number of carbonyl (C=O) groups excluding carboxylic acids is 1. The lowest BCUT2D eigenvalue weighted by atomic mass is 9.80. The summed E-state index contributed by atoms with van der Waals surface area (Å²) in [5.74, 6) is -0.796. The average molecular weight is 969 g/mol. The van der Waals surface area contributed by atoms with E-state index in [0.29, 0.717) is 39.5 Å². The van der Waals surface area contributed by atoms with Gasteiger partial charge in [-0.25, -0.2) is 4.79 Å². The molecule has 1 saturated carbocycles. The predicted molar refractivity (Wildman–Crippen MR) is 274 cm³/mol. The summed E-state index contributed by atoms with van der Waals surface area (Å²) in [6.45, 7) is 2.33. The predicted octanol–water partition coefficient (Wildman–Crippen LogP) is 11.0. The summed E-state index contributed by atoms with van der Waals surface area (Å²) >= 11 is 0. The standard InChI is InChI=1S/C62H64O10/c63-62-61(70-43-52-34-20-7-21-35-52)60(69-42-51-32-18-6-19-33-51)58(55(72-62)45-65-38-47-24-10-2-11-25-47)71-54-36-53(44-64-37-46-22-8-1-9-23-46)56(66-39-48-26-12-3-13-27-48)59(68-41-50-30-16-5-17-31-50)57(54)67-40-49-28-14-4-15-29-49/h1-35,53-61H,36-45H2. The maximum atomic E-state index is 14.4. The van der Waals surface area contributed by atoms with Gasteiger partial charge in [-0.2, -0.15) is 0 Å². The van der Waals surface area contributed by atoms with Crippen molar-refractivity contribution in [3.05, 3.63) is 251 Å². The summed E-state index contributed by atoms with van der Waals surface area (Å²) in [6, 6.07) is 70.1. The van der Waals surface area contributed by atoms with Crippen LogP contribution >= 0.6 is 0 Å². The van der Waals surface area contributed by atoms with E-state index in [1.54, 1.807) is 0 Å². The second-order valence-electron chi connectivity index (χ2n) is 18.4. The van der Waals surface area contributed by atoms with Crippen LogP contribution in [0.2, 0.25) is 0 Å². The highest BCUT2D eigenvalue weighted by molar-refractivity contribution is 5.77. The summed E-state index contributed by atoms with van der Waals surface area (Å²) in [5.41, 5.74) is 6.90. The van der Waals surface area contributed by atoms with Crippen LogP contribution in [0.4, 0.5) is 0 Å². The molecule has 2 fully saturated rings. The van der Waals surface area contributed by atoms with E-state index < -0.39 is 54.8 Å². The number of rotatable bonds is 25. The lowest BCUT2D eigenvalue weighted by Gasteiger charge is -2.49. The number of cyclic esters (lactones) is 1. The molecule has 9 unspecified atom stereocenters. The van der Waals surface area contributed by atoms with Gasteiger partial charge >= 0.3 is 5.97 Å². The summed E-state index contributed by atoms with van der Waals surface area (Å²) in [4.78, 5) is 14.4. The van der Waals surface area contributed by atoms with Crippen LogP contribution in [0.25, 0.3) is 0 Å². The van der Waals surface area contributed by atoms with Crippen LogP contribution in [0, 0.1) is 5.92 Å². The normalized spacial score (nSPS) is 23.1. The highest BCUT2D eigenvalue weighted by atomic mass is 16.7. The molecule has 372 valence electrons. The van der Waals surface area contributed by atoms with Gasteiger partial charge in [-0.3, -0.25) is 0 Å². The van der Waals surface area contributed by atoms with Crippen LogP contribution in [-0.2, 0) is 93.7 Å². The lowest BCUT2D eigenvalue weighted by Crippen LogP contribution is -2.64. The molecule has 0 N–H and O–H groups in total. The van der Waals surface area contributed by atoms with Crippen LogP contribution in [0.1, 0.15) is 45.4 Å². The fourth-order valence-corrected chi connectivity index (χ4v) is 9.39. The van der Waals surface area contributed by atoms with E-state index in [4.69, 9.17) is 42.6 Å². The Morgan fingerprint density at radius 3 is 1.10 bits per heavy atom. The molecule has 2 aliphatic rings. The molecular weight excluding hydrogens is 905 g/mol. The topological polar surface area (TPSA) is 100 Å². The van der Waals surface area contributed by atoms with E-state index >= 15 is 0 Å². The molecule has 0 amide bonds. The lowest BCUT2D eigenvalue weighted by molar-refractivity contribution is -0.278. The number of ether oxygens (including phenoxy) is 9. The van der Waals surface area contributed by atoms with Gasteiger partial charge in [-0.05, 0) is 45.4 Å². The van der Waals surface area contributed by atoms with Crippen molar-refractivity contribution < 1.29 is 47.4 Å². The Hall–Kier alpha value is -6.31. The third kappa shape index (κ3) is 14.7. The van der Waals surface area contributed by atoms with Gasteiger partial charge in [0.25, 0.3) is 0 Å². The molecule has 9 rings (SSSR count). The molecule has 1 saturated heterocycles. The van der Waals surface area contributed by atoms with Crippen molar-refractivity contribution in [3.8, 4) is 0 Å². The smallest absolute Gasteiger partial charge is 0.338 e. The molecular formula is C62H64O10. The van der Waals surface area contributed by atoms with Crippen molar-refractivity contribution >= 4 is 5.97 Å². The van der Waals surface area contributed by atoms with E-state index in [1.165, 1.54) is 0 Å². The second-order valence-corrected chi connectivity index (χ2v) is 18.4. The molecule has 10 heteroatoms. The Bertz CT molecular complexity index is 2590. The third-order valence-corrected chi connectivity index (χ3v) is 13.1. The Morgan fingerprint density at radius 1 is 0.347 bits per heavy atom. The van der Waals surface area contributed by atoms with E-state index in [1.807, 2.05) is 176 Å². The first-order valence-electron chi connectivity index (χ1n) is 25.0. The van der Waals surface area contributed by atoms with Crippen molar-refractivity contribution in [2.45, 2.75) is 102 Å². The van der Waals surface area contributed by atoms with Crippen molar-refractivity contribution in [1.82, 2.24) is 0 Å². The van der Waals surface area contributed by atoms with Crippen LogP contribution in [0.15, 0.2) is 212 Å². The molecule has 72 heavy (non-hydrogen) atoms. The maximum Gasteiger partial charge on any atom is 0.338 e. The van der Waals surface area contributed by atoms with Crippen molar-refractivity contribution in [3.63, 3.8) is 0 Å². The minimum Gasteiger partial charge on any atom is -0.455 e. The van der Waals surface area contributed by atoms with E-state index in [-0.39, 0.29) is 32.3 Å². The summed E-state index contributed by atoms with van der Waals surface area (Å²) in [7, 11) is 0. The molecule has 1 heterocycles. The highest BCUT2D eigenvalue weighted by Gasteiger charge is 2.54. The van der Waals surface area contributed by atoms with Gasteiger partial charge in [0, 0.05) is 5.92 Å². The Morgan fingerprint density at radius 2 is 0.681 bits per heavy atom. The summed E-state index contributed by atoms with van der Waals surface area (Å²) in [6.07, 6.45) is -5.92. The zero-order valence-electron chi connectivity index (χ0n) is 40.6. The number of hydrogen-bond donors (Lipinski definition) is 0. The molecule has 1 aliphatic heterocycles. The second kappa shape index (κ2) is 26.9. The van der Waals surface area contributed by atoms with E-state index in [0.717, 1.165) is 38.9 Å². The SMILES string of the molecule is O=C1OC(COCc2ccccc2)C(OC2CC(COCc3ccccc3)C(OCc3ccccc3)C(OCc3ccccc3)C2OCc2ccccc2)C(OCc2ccccc2)C1OCc1ccccc1. The van der Waals surface area contributed by atoms with Crippen LogP contribution in [0.3, 0.4) is 0 Å². The molecule has 7 aromatic carbocycles. The fourth-order valence-electron chi connectivity index (χ4n) is 9.39. The van der Waals surface area contributed by atoms with Gasteiger partial charge in [-0.1, -0.05) is 212 Å². The van der Waals surface area contributed by atoms with E-state index in [2.05, 4.69) is 36.4 Å². The summed E-state index contributed by atoms with van der Waals surface area (Å²) < 4.78 is 61.8. The van der Waals surface area contributed by atoms with Gasteiger partial charge in [-0.15, -0.1) is 0 Å². The van der Waals surface area contributed by atoms with Crippen LogP contribution < -0.4 is 0 Å². The van der Waals surface area contributed by atoms with Gasteiger partial charge in [0.2, 0.25) is 0 Å². The Balaban J connectivity index is 1.10. The molecule has 0 radical (unpaired) electrons. The molecule has 7 aromatic rings. The molecule has 10 nitrogen and oxygen atoms in total. The molecule has 0 bridgehead atoms. The molecule has 0 spiro atoms. The van der Waals surface area contributed by atoms with Crippen molar-refractivity contribution in [1.29, 1.82) is 0 Å². The van der Waals surface area contributed by atoms with Crippen LogP contribution in [0.5, 0.6) is 0 Å². The Labute approximate surface area is 423 Å². The van der Waals surface area contributed by atoms with Gasteiger partial charge < -0.3 is 42.6 Å². The van der Waals surface area contributed by atoms with Crippen LogP contribution in [-0.4, -0.2) is 68.0 Å². The van der Waals surface area contributed by atoms with Crippen molar-refractivity contribution in [2.24, 2.45) is 5.92 Å². The molecule has 1 aliphatic carbocycles. The number of hydrogen-bond acceptors (Lipinski definition) is 10. The van der Waals surface area contributed by atoms with Gasteiger partial charge in [0.1, 0.15) is 24.4 Å². The number of benzene rings is 7. The fraction of sp³-hybridized carbons (Fsp3) is 0.306. The highest BCUT2D eigenvalue weighted by Crippen LogP contribution is 2.39. The first kappa shape index (κ1) is 50.6. The van der Waals surface area contributed by atoms with Gasteiger partial charge in [0.15, 0.2) is 12.2 Å². The zero-order chi connectivity index (χ0) is 49.0. The third-order valence-electron chi connectivity index (χ3n) is 13.1. The first-order valence-corrected chi connectivity index (χ1v) is 25.0. The average Bonchev–Trinajstić information content (AvgIpc) is 3.43. The minimum atomic E-state index is -1.14. The zero-order valence-corrected chi connectivity index (χ0v) is 40.6. The molecule has 0 aromatic heterocycles. The summed E-state index contributed by atoms with van der Waals surface area (Å²) in [5, 5.41) is 0. The number of esters is 1. The Kier molecular flexibility index (Phi) is 18.9. The van der Waals surface area contributed by atoms with E-state index in [9.17, 15) is 4.79 Å². The maximum absolute atomic E-state index is 14.4. The first-order chi connectivity index (χ1) is 35.6. The van der Waals surface area contributed by atoms with Gasteiger partial charge in [0.05, 0.1) is 71.7 Å². The van der Waals surface area contributed by atoms with Crippen molar-refractivity contribution in [2.75, 3.05) is 13.2 Å². The quantitative estimate of drug-likeness (QED) is 0.0515. The number of carbonyl (C=O) groups is 1. The monoisotopic (exact) mass is 968 g/mol. The molecule has 9 atom stereocenters. The largest absolute Gasteiger partial charge is 0.455 e.